The Morgan fingerprint density at radius 3 is 2.16 bits per heavy atom. The van der Waals surface area contributed by atoms with Crippen molar-refractivity contribution in [2.24, 2.45) is 0 Å². The molecule has 9 heteroatoms. The second-order valence-corrected chi connectivity index (χ2v) is 15.0. The van der Waals surface area contributed by atoms with E-state index in [-0.39, 0.29) is 0 Å². The first-order chi connectivity index (χ1) is 8.95. The van der Waals surface area contributed by atoms with Crippen molar-refractivity contribution in [1.29, 1.82) is 0 Å². The highest BCUT2D eigenvalue weighted by Crippen LogP contribution is 2.21. The van der Waals surface area contributed by atoms with Crippen LogP contribution in [0.1, 0.15) is 13.3 Å². The molecule has 0 bridgehead atoms. The quantitative estimate of drug-likeness (QED) is 0.433. The van der Waals surface area contributed by atoms with E-state index >= 15 is 0 Å². The minimum atomic E-state index is -2.14. The lowest BCUT2D eigenvalue weighted by molar-refractivity contribution is 0.238. The molecule has 19 heavy (non-hydrogen) atoms. The Hall–Kier alpha value is 0.248. The molecular weight excluding hydrogens is 312 g/mol. The minimum Gasteiger partial charge on any atom is -0.502 e. The Kier molecular flexibility index (Phi) is 7.75. The summed E-state index contributed by atoms with van der Waals surface area (Å²) in [4.78, 5) is 0. The van der Waals surface area contributed by atoms with Crippen molar-refractivity contribution < 1.29 is 21.2 Å². The van der Waals surface area contributed by atoms with Crippen molar-refractivity contribution in [1.82, 2.24) is 0 Å². The lowest BCUT2D eigenvalue weighted by atomic mass is 10.5. The molecule has 112 valence electrons. The van der Waals surface area contributed by atoms with Gasteiger partial charge in [-0.05, 0) is 45.6 Å². The second kappa shape index (κ2) is 8.52. The van der Waals surface area contributed by atoms with Gasteiger partial charge in [-0.3, -0.25) is 0 Å². The molecule has 0 aromatic heterocycles. The normalized spacial score (nSPS) is 37.0. The smallest absolute Gasteiger partial charge is 0.317 e. The van der Waals surface area contributed by atoms with Crippen LogP contribution in [0.4, 0.5) is 0 Å². The van der Waals surface area contributed by atoms with Gasteiger partial charge in [0.05, 0.1) is 12.9 Å². The zero-order chi connectivity index (χ0) is 14.3. The van der Waals surface area contributed by atoms with Gasteiger partial charge >= 0.3 is 8.56 Å². The Morgan fingerprint density at radius 2 is 1.63 bits per heavy atom. The van der Waals surface area contributed by atoms with Crippen LogP contribution in [0, 0.1) is 0 Å². The van der Waals surface area contributed by atoms with Crippen LogP contribution in [0.2, 0.25) is 32.2 Å². The molecule has 1 fully saturated rings. The van der Waals surface area contributed by atoms with E-state index in [1.807, 2.05) is 13.0 Å². The SMILES string of the molecule is CC=COCCC[Si]1(C)O[SiH](C)O[SiH](C)O[SiH](C)O1. The first-order valence-corrected chi connectivity index (χ1v) is 15.7. The van der Waals surface area contributed by atoms with Crippen molar-refractivity contribution in [2.75, 3.05) is 6.61 Å². The summed E-state index contributed by atoms with van der Waals surface area (Å²) in [6, 6.07) is 0.932. The van der Waals surface area contributed by atoms with E-state index < -0.39 is 36.4 Å². The average molecular weight is 339 g/mol. The molecule has 5 nitrogen and oxygen atoms in total. The van der Waals surface area contributed by atoms with Gasteiger partial charge < -0.3 is 21.2 Å². The van der Waals surface area contributed by atoms with Gasteiger partial charge in [-0.15, -0.1) is 0 Å². The predicted molar refractivity (Wildman–Crippen MR) is 85.2 cm³/mol. The first-order valence-electron chi connectivity index (χ1n) is 6.84. The number of allylic oxidation sites excluding steroid dienone is 1. The van der Waals surface area contributed by atoms with Crippen molar-refractivity contribution in [3.05, 3.63) is 12.3 Å². The topological polar surface area (TPSA) is 46.2 Å². The summed E-state index contributed by atoms with van der Waals surface area (Å²) in [6.45, 7) is 11.0. The molecule has 0 radical (unpaired) electrons. The largest absolute Gasteiger partial charge is 0.502 e. The molecule has 2 unspecified atom stereocenters. The van der Waals surface area contributed by atoms with Gasteiger partial charge in [0, 0.05) is 0 Å². The predicted octanol–water partition coefficient (Wildman–Crippen LogP) is 1.63. The zero-order valence-electron chi connectivity index (χ0n) is 12.5. The van der Waals surface area contributed by atoms with Gasteiger partial charge in [0.25, 0.3) is 27.9 Å². The van der Waals surface area contributed by atoms with Crippen LogP contribution < -0.4 is 0 Å². The van der Waals surface area contributed by atoms with Crippen LogP contribution in [-0.2, 0) is 21.2 Å². The van der Waals surface area contributed by atoms with Gasteiger partial charge in [-0.25, -0.2) is 0 Å². The van der Waals surface area contributed by atoms with Gasteiger partial charge in [0.1, 0.15) is 0 Å². The molecule has 1 saturated heterocycles. The van der Waals surface area contributed by atoms with E-state index in [0.29, 0.717) is 6.61 Å². The fourth-order valence-electron chi connectivity index (χ4n) is 2.12. The number of hydrogen-bond acceptors (Lipinski definition) is 5. The Bertz CT molecular complexity index is 277. The molecule has 1 aliphatic heterocycles. The summed E-state index contributed by atoms with van der Waals surface area (Å²) in [5, 5.41) is 0. The zero-order valence-corrected chi connectivity index (χ0v) is 17.0. The van der Waals surface area contributed by atoms with Crippen LogP contribution in [0.15, 0.2) is 12.3 Å². The molecule has 0 amide bonds. The molecule has 1 heterocycles. The summed E-state index contributed by atoms with van der Waals surface area (Å²) in [7, 11) is -6.87. The van der Waals surface area contributed by atoms with Crippen molar-refractivity contribution in [3.8, 4) is 0 Å². The maximum atomic E-state index is 6.18. The van der Waals surface area contributed by atoms with Crippen LogP contribution >= 0.6 is 0 Å². The molecule has 0 aliphatic carbocycles. The fraction of sp³-hybridized carbons (Fsp3) is 0.800. The fourth-order valence-corrected chi connectivity index (χ4v) is 16.8. The molecule has 0 aromatic rings. The van der Waals surface area contributed by atoms with Gasteiger partial charge in [0.15, 0.2) is 0 Å². The molecular formula is C10H26O5Si4. The number of hydrogen-bond donors (Lipinski definition) is 0. The van der Waals surface area contributed by atoms with Crippen molar-refractivity contribution in [3.63, 3.8) is 0 Å². The van der Waals surface area contributed by atoms with Crippen LogP contribution in [0.3, 0.4) is 0 Å². The van der Waals surface area contributed by atoms with Gasteiger partial charge in [0.2, 0.25) is 0 Å². The lowest BCUT2D eigenvalue weighted by Crippen LogP contribution is -2.53. The summed E-state index contributed by atoms with van der Waals surface area (Å²) < 4.78 is 29.5. The Labute approximate surface area is 122 Å². The van der Waals surface area contributed by atoms with Crippen molar-refractivity contribution >= 4 is 36.4 Å². The maximum Gasteiger partial charge on any atom is 0.317 e. The number of rotatable bonds is 5. The lowest BCUT2D eigenvalue weighted by Gasteiger charge is -2.37. The minimum absolute atomic E-state index is 0.707. The monoisotopic (exact) mass is 338 g/mol. The van der Waals surface area contributed by atoms with Crippen LogP contribution in [0.25, 0.3) is 0 Å². The third kappa shape index (κ3) is 6.99. The van der Waals surface area contributed by atoms with Crippen molar-refractivity contribution in [2.45, 2.75) is 45.6 Å². The van der Waals surface area contributed by atoms with E-state index in [1.165, 1.54) is 0 Å². The number of ether oxygens (including phenoxy) is 1. The standard InChI is InChI=1S/C10H26O5Si4/c1-6-8-11-9-7-10-19(5)14-17(3)12-16(2)13-18(4)15-19/h6,8,16-18H,7,9-10H2,1-5H3. The van der Waals surface area contributed by atoms with E-state index in [9.17, 15) is 0 Å². The van der Waals surface area contributed by atoms with Crippen LogP contribution in [-0.4, -0.2) is 43.0 Å². The van der Waals surface area contributed by atoms with Gasteiger partial charge in [-0.1, -0.05) is 6.08 Å². The third-order valence-corrected chi connectivity index (χ3v) is 16.8. The third-order valence-electron chi connectivity index (χ3n) is 2.72. The molecule has 0 spiro atoms. The highest BCUT2D eigenvalue weighted by Gasteiger charge is 2.38. The summed E-state index contributed by atoms with van der Waals surface area (Å²) in [6.07, 6.45) is 4.56. The van der Waals surface area contributed by atoms with E-state index in [1.54, 1.807) is 6.26 Å². The molecule has 1 aliphatic rings. The van der Waals surface area contributed by atoms with Crippen LogP contribution in [0.5, 0.6) is 0 Å². The van der Waals surface area contributed by atoms with Gasteiger partial charge in [-0.2, -0.15) is 0 Å². The summed E-state index contributed by atoms with van der Waals surface area (Å²) in [5.74, 6) is 0. The van der Waals surface area contributed by atoms with E-state index in [4.69, 9.17) is 21.2 Å². The highest BCUT2D eigenvalue weighted by atomic mass is 28.5. The van der Waals surface area contributed by atoms with E-state index in [2.05, 4.69) is 26.2 Å². The molecule has 0 saturated carbocycles. The molecule has 0 aromatic carbocycles. The summed E-state index contributed by atoms with van der Waals surface area (Å²) in [5.41, 5.74) is 0. The van der Waals surface area contributed by atoms with E-state index in [0.717, 1.165) is 12.5 Å². The molecule has 1 rings (SSSR count). The average Bonchev–Trinajstić information content (AvgIpc) is 2.25. The Morgan fingerprint density at radius 1 is 1.05 bits per heavy atom. The summed E-state index contributed by atoms with van der Waals surface area (Å²) >= 11 is 0. The first kappa shape index (κ1) is 17.3. The second-order valence-electron chi connectivity index (χ2n) is 4.79. The molecule has 0 N–H and O–H groups in total. The Balaban J connectivity index is 2.46. The molecule has 2 atom stereocenters. The highest BCUT2D eigenvalue weighted by molar-refractivity contribution is 6.81. The maximum absolute atomic E-state index is 6.18.